The Hall–Kier alpha value is -1.02. The molecule has 0 saturated heterocycles. The Morgan fingerprint density at radius 1 is 0.889 bits per heavy atom. The SMILES string of the molecule is Cc1cc(-c2ccc(Cl)c(Cl)c2)cc(C)c1CO. The summed E-state index contributed by atoms with van der Waals surface area (Å²) in [6.45, 7) is 4.07. The molecule has 1 N–H and O–H groups in total. The van der Waals surface area contributed by atoms with Gasteiger partial charge in [-0.15, -0.1) is 0 Å². The summed E-state index contributed by atoms with van der Waals surface area (Å²) in [7, 11) is 0. The lowest BCUT2D eigenvalue weighted by Crippen LogP contribution is -1.94. The van der Waals surface area contributed by atoms with Gasteiger partial charge < -0.3 is 5.11 Å². The summed E-state index contributed by atoms with van der Waals surface area (Å²) in [5.41, 5.74) is 5.26. The lowest BCUT2D eigenvalue weighted by atomic mass is 9.96. The first-order valence-corrected chi connectivity index (χ1v) is 6.45. The topological polar surface area (TPSA) is 20.2 Å². The Morgan fingerprint density at radius 2 is 1.50 bits per heavy atom. The minimum Gasteiger partial charge on any atom is -0.392 e. The van der Waals surface area contributed by atoms with Crippen molar-refractivity contribution >= 4 is 23.2 Å². The largest absolute Gasteiger partial charge is 0.392 e. The van der Waals surface area contributed by atoms with Gasteiger partial charge in [0.2, 0.25) is 0 Å². The van der Waals surface area contributed by atoms with Crippen molar-refractivity contribution < 1.29 is 5.11 Å². The quantitative estimate of drug-likeness (QED) is 0.840. The van der Waals surface area contributed by atoms with Crippen LogP contribution < -0.4 is 0 Å². The van der Waals surface area contributed by atoms with Crippen molar-refractivity contribution in [3.63, 3.8) is 0 Å². The maximum absolute atomic E-state index is 9.30. The molecule has 0 bridgehead atoms. The standard InChI is InChI=1S/C15H14Cl2O/c1-9-5-12(6-10(2)13(9)8-18)11-3-4-14(16)15(17)7-11/h3-7,18H,8H2,1-2H3. The Balaban J connectivity index is 2.54. The van der Waals surface area contributed by atoms with Crippen LogP contribution >= 0.6 is 23.2 Å². The van der Waals surface area contributed by atoms with Gasteiger partial charge in [-0.1, -0.05) is 41.4 Å². The summed E-state index contributed by atoms with van der Waals surface area (Å²) in [6.07, 6.45) is 0. The number of benzene rings is 2. The van der Waals surface area contributed by atoms with Crippen molar-refractivity contribution in [3.8, 4) is 11.1 Å². The summed E-state index contributed by atoms with van der Waals surface area (Å²) < 4.78 is 0. The third kappa shape index (κ3) is 2.54. The molecule has 0 aromatic heterocycles. The van der Waals surface area contributed by atoms with E-state index in [1.165, 1.54) is 0 Å². The molecule has 0 aliphatic heterocycles. The average Bonchev–Trinajstić information content (AvgIpc) is 2.32. The van der Waals surface area contributed by atoms with Crippen LogP contribution in [0.25, 0.3) is 11.1 Å². The first-order chi connectivity index (χ1) is 8.52. The van der Waals surface area contributed by atoms with Crippen molar-refractivity contribution in [2.24, 2.45) is 0 Å². The van der Waals surface area contributed by atoms with E-state index in [0.717, 1.165) is 27.8 Å². The first kappa shape index (κ1) is 13.4. The molecule has 0 heterocycles. The highest BCUT2D eigenvalue weighted by Crippen LogP contribution is 2.30. The number of aryl methyl sites for hydroxylation is 2. The fourth-order valence-corrected chi connectivity index (χ4v) is 2.38. The van der Waals surface area contributed by atoms with Crippen LogP contribution in [-0.2, 0) is 6.61 Å². The fraction of sp³-hybridized carbons (Fsp3) is 0.200. The molecule has 0 fully saturated rings. The smallest absolute Gasteiger partial charge is 0.0686 e. The molecule has 0 spiro atoms. The predicted molar refractivity (Wildman–Crippen MR) is 77.3 cm³/mol. The van der Waals surface area contributed by atoms with Crippen LogP contribution in [-0.4, -0.2) is 5.11 Å². The molecular formula is C15H14Cl2O. The van der Waals surface area contributed by atoms with Gasteiger partial charge in [0.05, 0.1) is 16.7 Å². The summed E-state index contributed by atoms with van der Waals surface area (Å²) in [6, 6.07) is 9.71. The van der Waals surface area contributed by atoms with E-state index in [-0.39, 0.29) is 6.61 Å². The Labute approximate surface area is 117 Å². The van der Waals surface area contributed by atoms with Gasteiger partial charge >= 0.3 is 0 Å². The number of hydrogen-bond acceptors (Lipinski definition) is 1. The summed E-state index contributed by atoms with van der Waals surface area (Å²) >= 11 is 11.9. The van der Waals surface area contributed by atoms with Crippen molar-refractivity contribution in [3.05, 3.63) is 57.1 Å². The highest BCUT2D eigenvalue weighted by molar-refractivity contribution is 6.42. The molecule has 0 saturated carbocycles. The molecule has 0 aliphatic carbocycles. The van der Waals surface area contributed by atoms with Crippen LogP contribution in [0.4, 0.5) is 0 Å². The minimum atomic E-state index is 0.0688. The molecule has 2 rings (SSSR count). The molecule has 0 unspecified atom stereocenters. The van der Waals surface area contributed by atoms with Gasteiger partial charge in [-0.2, -0.15) is 0 Å². The lowest BCUT2D eigenvalue weighted by molar-refractivity contribution is 0.280. The Morgan fingerprint density at radius 3 is 2.00 bits per heavy atom. The van der Waals surface area contributed by atoms with Crippen LogP contribution in [0.2, 0.25) is 10.0 Å². The van der Waals surface area contributed by atoms with Crippen molar-refractivity contribution in [2.75, 3.05) is 0 Å². The summed E-state index contributed by atoms with van der Waals surface area (Å²) in [5, 5.41) is 10.4. The van der Waals surface area contributed by atoms with Gasteiger partial charge in [-0.25, -0.2) is 0 Å². The van der Waals surface area contributed by atoms with Gasteiger partial charge in [0.15, 0.2) is 0 Å². The number of aliphatic hydroxyl groups is 1. The van der Waals surface area contributed by atoms with E-state index in [2.05, 4.69) is 12.1 Å². The second-order valence-corrected chi connectivity index (χ2v) is 5.19. The second-order valence-electron chi connectivity index (χ2n) is 4.38. The zero-order chi connectivity index (χ0) is 13.3. The molecule has 18 heavy (non-hydrogen) atoms. The molecule has 1 nitrogen and oxygen atoms in total. The predicted octanol–water partition coefficient (Wildman–Crippen LogP) is 4.77. The second kappa shape index (κ2) is 5.31. The molecule has 0 aliphatic rings. The molecular weight excluding hydrogens is 267 g/mol. The Kier molecular flexibility index (Phi) is 3.96. The van der Waals surface area contributed by atoms with Gasteiger partial charge in [-0.3, -0.25) is 0 Å². The normalized spacial score (nSPS) is 10.7. The first-order valence-electron chi connectivity index (χ1n) is 5.69. The highest BCUT2D eigenvalue weighted by atomic mass is 35.5. The maximum atomic E-state index is 9.30. The number of rotatable bonds is 2. The Bertz CT molecular complexity index is 568. The lowest BCUT2D eigenvalue weighted by Gasteiger charge is -2.11. The van der Waals surface area contributed by atoms with E-state index in [1.54, 1.807) is 6.07 Å². The van der Waals surface area contributed by atoms with E-state index >= 15 is 0 Å². The highest BCUT2D eigenvalue weighted by Gasteiger charge is 2.07. The van der Waals surface area contributed by atoms with Crippen molar-refractivity contribution in [1.29, 1.82) is 0 Å². The van der Waals surface area contributed by atoms with Crippen LogP contribution in [0.3, 0.4) is 0 Å². The zero-order valence-electron chi connectivity index (χ0n) is 10.3. The zero-order valence-corrected chi connectivity index (χ0v) is 11.8. The average molecular weight is 281 g/mol. The van der Waals surface area contributed by atoms with E-state index in [9.17, 15) is 5.11 Å². The molecule has 2 aromatic rings. The molecule has 0 atom stereocenters. The van der Waals surface area contributed by atoms with Crippen LogP contribution in [0.5, 0.6) is 0 Å². The number of aliphatic hydroxyl groups excluding tert-OH is 1. The van der Waals surface area contributed by atoms with Crippen molar-refractivity contribution in [1.82, 2.24) is 0 Å². The molecule has 2 aromatic carbocycles. The minimum absolute atomic E-state index is 0.0688. The van der Waals surface area contributed by atoms with Crippen LogP contribution in [0.1, 0.15) is 16.7 Å². The molecule has 3 heteroatoms. The summed E-state index contributed by atoms with van der Waals surface area (Å²) in [5.74, 6) is 0. The van der Waals surface area contributed by atoms with Crippen LogP contribution in [0.15, 0.2) is 30.3 Å². The van der Waals surface area contributed by atoms with E-state index < -0.39 is 0 Å². The van der Waals surface area contributed by atoms with Gasteiger partial charge in [0.1, 0.15) is 0 Å². The monoisotopic (exact) mass is 280 g/mol. The van der Waals surface area contributed by atoms with Gasteiger partial charge in [0, 0.05) is 0 Å². The van der Waals surface area contributed by atoms with Gasteiger partial charge in [0.25, 0.3) is 0 Å². The third-order valence-corrected chi connectivity index (χ3v) is 3.85. The molecule has 94 valence electrons. The summed E-state index contributed by atoms with van der Waals surface area (Å²) in [4.78, 5) is 0. The fourth-order valence-electron chi connectivity index (χ4n) is 2.09. The van der Waals surface area contributed by atoms with E-state index in [4.69, 9.17) is 23.2 Å². The van der Waals surface area contributed by atoms with E-state index in [0.29, 0.717) is 10.0 Å². The third-order valence-electron chi connectivity index (χ3n) is 3.11. The van der Waals surface area contributed by atoms with E-state index in [1.807, 2.05) is 26.0 Å². The molecule has 0 amide bonds. The number of hydrogen-bond donors (Lipinski definition) is 1. The van der Waals surface area contributed by atoms with Crippen LogP contribution in [0, 0.1) is 13.8 Å². The number of halogens is 2. The molecule has 0 radical (unpaired) electrons. The van der Waals surface area contributed by atoms with Gasteiger partial charge in [-0.05, 0) is 53.8 Å². The van der Waals surface area contributed by atoms with Crippen molar-refractivity contribution in [2.45, 2.75) is 20.5 Å². The maximum Gasteiger partial charge on any atom is 0.0686 e.